The molecule has 2 N–H and O–H groups in total. The first-order valence-corrected chi connectivity index (χ1v) is 8.46. The summed E-state index contributed by atoms with van der Waals surface area (Å²) in [6.07, 6.45) is 0. The molecule has 1 heterocycles. The molecule has 1 aromatic heterocycles. The topological polar surface area (TPSA) is 90.7 Å². The Labute approximate surface area is 157 Å². The van der Waals surface area contributed by atoms with Crippen LogP contribution in [0.25, 0.3) is 0 Å². The maximum Gasteiger partial charge on any atom is 0.274 e. The van der Waals surface area contributed by atoms with Gasteiger partial charge in [-0.05, 0) is 56.2 Å². The standard InChI is InChI=1S/C21H19N5O/c1-13-8-14(2)10-17(9-13)25-20-11-19(23-15(3)24-20)21(27)26-18-7-5-4-6-16(18)12-22/h4-11H,1-3H3,(H,26,27)(H,23,24,25). The summed E-state index contributed by atoms with van der Waals surface area (Å²) in [5, 5.41) is 15.1. The van der Waals surface area contributed by atoms with Gasteiger partial charge in [0.1, 0.15) is 23.4 Å². The number of anilines is 3. The molecule has 0 atom stereocenters. The van der Waals surface area contributed by atoms with Crippen molar-refractivity contribution >= 4 is 23.1 Å². The zero-order valence-corrected chi connectivity index (χ0v) is 15.4. The second-order valence-electron chi connectivity index (χ2n) is 6.30. The van der Waals surface area contributed by atoms with Gasteiger partial charge in [0.15, 0.2) is 0 Å². The lowest BCUT2D eigenvalue weighted by Crippen LogP contribution is -2.16. The number of benzene rings is 2. The van der Waals surface area contributed by atoms with Crippen molar-refractivity contribution in [3.63, 3.8) is 0 Å². The third kappa shape index (κ3) is 4.47. The first kappa shape index (κ1) is 18.1. The molecule has 0 bridgehead atoms. The van der Waals surface area contributed by atoms with Crippen molar-refractivity contribution in [1.82, 2.24) is 9.97 Å². The summed E-state index contributed by atoms with van der Waals surface area (Å²) in [5.41, 5.74) is 4.23. The van der Waals surface area contributed by atoms with Gasteiger partial charge in [0.2, 0.25) is 0 Å². The molecule has 3 rings (SSSR count). The molecule has 1 amide bonds. The molecule has 6 nitrogen and oxygen atoms in total. The number of hydrogen-bond donors (Lipinski definition) is 2. The van der Waals surface area contributed by atoms with E-state index in [1.165, 1.54) is 0 Å². The van der Waals surface area contributed by atoms with Crippen molar-refractivity contribution in [2.45, 2.75) is 20.8 Å². The Balaban J connectivity index is 1.86. The minimum Gasteiger partial charge on any atom is -0.340 e. The van der Waals surface area contributed by atoms with E-state index in [9.17, 15) is 4.79 Å². The molecular formula is C21H19N5O. The zero-order valence-electron chi connectivity index (χ0n) is 15.4. The lowest BCUT2D eigenvalue weighted by atomic mass is 10.1. The van der Waals surface area contributed by atoms with Crippen LogP contribution in [0.3, 0.4) is 0 Å². The number of nitriles is 1. The van der Waals surface area contributed by atoms with Gasteiger partial charge in [-0.15, -0.1) is 0 Å². The van der Waals surface area contributed by atoms with E-state index in [2.05, 4.69) is 32.7 Å². The molecule has 0 radical (unpaired) electrons. The fourth-order valence-electron chi connectivity index (χ4n) is 2.82. The number of carbonyl (C=O) groups excluding carboxylic acids is 1. The van der Waals surface area contributed by atoms with Gasteiger partial charge in [-0.25, -0.2) is 9.97 Å². The van der Waals surface area contributed by atoms with Gasteiger partial charge in [-0.3, -0.25) is 4.79 Å². The largest absolute Gasteiger partial charge is 0.340 e. The number of carbonyl (C=O) groups is 1. The van der Waals surface area contributed by atoms with E-state index in [1.807, 2.05) is 26.0 Å². The molecule has 0 aliphatic heterocycles. The third-order valence-corrected chi connectivity index (χ3v) is 3.86. The molecule has 3 aromatic rings. The minimum absolute atomic E-state index is 0.224. The molecule has 0 aliphatic carbocycles. The van der Waals surface area contributed by atoms with Crippen LogP contribution in [-0.2, 0) is 0 Å². The second kappa shape index (κ2) is 7.67. The van der Waals surface area contributed by atoms with Crippen LogP contribution in [0.2, 0.25) is 0 Å². The highest BCUT2D eigenvalue weighted by molar-refractivity contribution is 6.04. The Bertz CT molecular complexity index is 1030. The SMILES string of the molecule is Cc1cc(C)cc(Nc2cc(C(=O)Nc3ccccc3C#N)nc(C)n2)c1. The highest BCUT2D eigenvalue weighted by Crippen LogP contribution is 2.20. The van der Waals surface area contributed by atoms with Gasteiger partial charge in [-0.2, -0.15) is 5.26 Å². The molecule has 27 heavy (non-hydrogen) atoms. The van der Waals surface area contributed by atoms with E-state index in [0.717, 1.165) is 16.8 Å². The quantitative estimate of drug-likeness (QED) is 0.728. The molecule has 0 saturated heterocycles. The van der Waals surface area contributed by atoms with Crippen molar-refractivity contribution in [3.8, 4) is 6.07 Å². The fourth-order valence-corrected chi connectivity index (χ4v) is 2.82. The van der Waals surface area contributed by atoms with Gasteiger partial charge in [0, 0.05) is 11.8 Å². The molecule has 2 aromatic carbocycles. The van der Waals surface area contributed by atoms with E-state index in [0.29, 0.717) is 22.9 Å². The molecular weight excluding hydrogens is 338 g/mol. The first-order chi connectivity index (χ1) is 12.9. The maximum absolute atomic E-state index is 12.6. The normalized spacial score (nSPS) is 10.1. The van der Waals surface area contributed by atoms with Crippen LogP contribution in [0.15, 0.2) is 48.5 Å². The first-order valence-electron chi connectivity index (χ1n) is 8.46. The van der Waals surface area contributed by atoms with E-state index in [-0.39, 0.29) is 5.69 Å². The highest BCUT2D eigenvalue weighted by Gasteiger charge is 2.13. The van der Waals surface area contributed by atoms with Crippen molar-refractivity contribution in [1.29, 1.82) is 5.26 Å². The van der Waals surface area contributed by atoms with E-state index in [4.69, 9.17) is 5.26 Å². The average molecular weight is 357 g/mol. The van der Waals surface area contributed by atoms with Crippen LogP contribution in [0, 0.1) is 32.1 Å². The molecule has 0 spiro atoms. The smallest absolute Gasteiger partial charge is 0.274 e. The highest BCUT2D eigenvalue weighted by atomic mass is 16.1. The molecule has 134 valence electrons. The van der Waals surface area contributed by atoms with Crippen molar-refractivity contribution in [3.05, 3.63) is 76.7 Å². The summed E-state index contributed by atoms with van der Waals surface area (Å²) < 4.78 is 0. The number of rotatable bonds is 4. The van der Waals surface area contributed by atoms with Crippen LogP contribution in [-0.4, -0.2) is 15.9 Å². The van der Waals surface area contributed by atoms with Crippen molar-refractivity contribution in [2.24, 2.45) is 0 Å². The van der Waals surface area contributed by atoms with Crippen LogP contribution in [0.4, 0.5) is 17.2 Å². The predicted octanol–water partition coefficient (Wildman–Crippen LogP) is 4.27. The number of nitrogens with one attached hydrogen (secondary N) is 2. The maximum atomic E-state index is 12.6. The number of para-hydroxylation sites is 1. The molecule has 0 saturated carbocycles. The number of aryl methyl sites for hydroxylation is 3. The van der Waals surface area contributed by atoms with E-state index < -0.39 is 5.91 Å². The summed E-state index contributed by atoms with van der Waals surface area (Å²) >= 11 is 0. The molecule has 0 fully saturated rings. The van der Waals surface area contributed by atoms with E-state index in [1.54, 1.807) is 37.3 Å². The Hall–Kier alpha value is -3.72. The fraction of sp³-hybridized carbons (Fsp3) is 0.143. The van der Waals surface area contributed by atoms with Gasteiger partial charge in [0.05, 0.1) is 11.3 Å². The van der Waals surface area contributed by atoms with Crippen molar-refractivity contribution in [2.75, 3.05) is 10.6 Å². The van der Waals surface area contributed by atoms with Crippen LogP contribution in [0.1, 0.15) is 33.0 Å². The van der Waals surface area contributed by atoms with Crippen molar-refractivity contribution < 1.29 is 4.79 Å². The number of hydrogen-bond acceptors (Lipinski definition) is 5. The van der Waals surface area contributed by atoms with Crippen LogP contribution >= 0.6 is 0 Å². The van der Waals surface area contributed by atoms with Gasteiger partial charge >= 0.3 is 0 Å². The molecule has 0 unspecified atom stereocenters. The zero-order chi connectivity index (χ0) is 19.4. The Morgan fingerprint density at radius 3 is 2.41 bits per heavy atom. The lowest BCUT2D eigenvalue weighted by Gasteiger charge is -2.11. The van der Waals surface area contributed by atoms with Crippen LogP contribution < -0.4 is 10.6 Å². The second-order valence-corrected chi connectivity index (χ2v) is 6.30. The summed E-state index contributed by atoms with van der Waals surface area (Å²) in [5.74, 6) is 0.612. The number of aromatic nitrogens is 2. The number of nitrogens with zero attached hydrogens (tertiary/aromatic N) is 3. The van der Waals surface area contributed by atoms with Gasteiger partial charge < -0.3 is 10.6 Å². The summed E-state index contributed by atoms with van der Waals surface area (Å²) in [6, 6.07) is 16.6. The minimum atomic E-state index is -0.397. The number of amides is 1. The third-order valence-electron chi connectivity index (χ3n) is 3.86. The van der Waals surface area contributed by atoms with E-state index >= 15 is 0 Å². The Morgan fingerprint density at radius 2 is 1.70 bits per heavy atom. The summed E-state index contributed by atoms with van der Waals surface area (Å²) in [6.45, 7) is 5.77. The predicted molar refractivity (Wildman–Crippen MR) is 105 cm³/mol. The van der Waals surface area contributed by atoms with Crippen LogP contribution in [0.5, 0.6) is 0 Å². The average Bonchev–Trinajstić information content (AvgIpc) is 2.60. The summed E-state index contributed by atoms with van der Waals surface area (Å²) in [7, 11) is 0. The monoisotopic (exact) mass is 357 g/mol. The lowest BCUT2D eigenvalue weighted by molar-refractivity contribution is 0.102. The molecule has 0 aliphatic rings. The Kier molecular flexibility index (Phi) is 5.13. The molecule has 6 heteroatoms. The Morgan fingerprint density at radius 1 is 1.00 bits per heavy atom. The van der Waals surface area contributed by atoms with Gasteiger partial charge in [0.25, 0.3) is 5.91 Å². The summed E-state index contributed by atoms with van der Waals surface area (Å²) in [4.78, 5) is 21.2. The van der Waals surface area contributed by atoms with Gasteiger partial charge in [-0.1, -0.05) is 18.2 Å².